The lowest BCUT2D eigenvalue weighted by Crippen LogP contribution is -2.05. The zero-order valence-electron chi connectivity index (χ0n) is 11.8. The van der Waals surface area contributed by atoms with Crippen LogP contribution in [0.1, 0.15) is 17.9 Å². The first kappa shape index (κ1) is 15.2. The van der Waals surface area contributed by atoms with E-state index >= 15 is 0 Å². The van der Waals surface area contributed by atoms with Crippen molar-refractivity contribution in [2.45, 2.75) is 12.3 Å². The first-order valence-electron chi connectivity index (χ1n) is 6.66. The number of rotatable bonds is 6. The lowest BCUT2D eigenvalue weighted by atomic mass is 9.98. The molecule has 108 valence electrons. The molecular formula is C17H16ClNO2. The average molecular weight is 302 g/mol. The molecular weight excluding hydrogens is 286 g/mol. The molecule has 0 N–H and O–H groups in total. The largest absolute Gasteiger partial charge is 0.493 e. The van der Waals surface area contributed by atoms with E-state index in [4.69, 9.17) is 21.1 Å². The van der Waals surface area contributed by atoms with Gasteiger partial charge in [-0.1, -0.05) is 41.9 Å². The van der Waals surface area contributed by atoms with Crippen molar-refractivity contribution in [2.24, 2.45) is 0 Å². The maximum absolute atomic E-state index is 9.31. The van der Waals surface area contributed by atoms with Crippen molar-refractivity contribution in [3.63, 3.8) is 0 Å². The fraction of sp³-hybridized carbons (Fsp3) is 0.235. The molecule has 21 heavy (non-hydrogen) atoms. The quantitative estimate of drug-likeness (QED) is 0.793. The Kier molecular flexibility index (Phi) is 5.48. The van der Waals surface area contributed by atoms with Gasteiger partial charge in [0.2, 0.25) is 0 Å². The van der Waals surface area contributed by atoms with Crippen LogP contribution in [0.5, 0.6) is 11.5 Å². The van der Waals surface area contributed by atoms with Gasteiger partial charge in [-0.05, 0) is 23.8 Å². The molecule has 3 nitrogen and oxygen atoms in total. The molecule has 0 aromatic heterocycles. The summed E-state index contributed by atoms with van der Waals surface area (Å²) < 4.78 is 10.9. The lowest BCUT2D eigenvalue weighted by molar-refractivity contribution is 0.285. The third-order valence-corrected chi connectivity index (χ3v) is 3.51. The number of methoxy groups -OCH3 is 1. The predicted octanol–water partition coefficient (Wildman–Crippen LogP) is 4.42. The van der Waals surface area contributed by atoms with Gasteiger partial charge in [0.25, 0.3) is 0 Å². The zero-order valence-corrected chi connectivity index (χ0v) is 12.5. The fourth-order valence-corrected chi connectivity index (χ4v) is 2.34. The van der Waals surface area contributed by atoms with E-state index in [0.29, 0.717) is 29.5 Å². The van der Waals surface area contributed by atoms with Crippen LogP contribution >= 0.6 is 11.6 Å². The summed E-state index contributed by atoms with van der Waals surface area (Å²) in [6, 6.07) is 17.1. The number of hydrogen-bond acceptors (Lipinski definition) is 3. The molecule has 0 heterocycles. The Hall–Kier alpha value is -2.18. The van der Waals surface area contributed by atoms with Crippen molar-refractivity contribution in [1.29, 1.82) is 5.26 Å². The standard InChI is InChI=1S/C17H16ClNO2/c1-20-16-8-4-5-9-17(16)21-11-10-13(12-19)14-6-2-3-7-15(14)18/h2-9,13H,10-11H2,1H3. The third-order valence-electron chi connectivity index (χ3n) is 3.17. The molecule has 1 atom stereocenters. The average Bonchev–Trinajstić information content (AvgIpc) is 2.53. The van der Waals surface area contributed by atoms with E-state index in [1.165, 1.54) is 0 Å². The number of para-hydroxylation sites is 2. The van der Waals surface area contributed by atoms with Gasteiger partial charge in [0.1, 0.15) is 0 Å². The van der Waals surface area contributed by atoms with Crippen LogP contribution < -0.4 is 9.47 Å². The molecule has 0 amide bonds. The Morgan fingerprint density at radius 3 is 2.43 bits per heavy atom. The molecule has 0 saturated heterocycles. The van der Waals surface area contributed by atoms with E-state index in [2.05, 4.69) is 6.07 Å². The monoisotopic (exact) mass is 301 g/mol. The summed E-state index contributed by atoms with van der Waals surface area (Å²) in [7, 11) is 1.60. The van der Waals surface area contributed by atoms with E-state index in [9.17, 15) is 5.26 Å². The Labute approximate surface area is 129 Å². The molecule has 0 aliphatic heterocycles. The van der Waals surface area contributed by atoms with Crippen LogP contribution in [0.25, 0.3) is 0 Å². The van der Waals surface area contributed by atoms with Crippen molar-refractivity contribution in [1.82, 2.24) is 0 Å². The van der Waals surface area contributed by atoms with Crippen LogP contribution in [0.15, 0.2) is 48.5 Å². The Bertz CT molecular complexity index is 637. The smallest absolute Gasteiger partial charge is 0.161 e. The first-order valence-corrected chi connectivity index (χ1v) is 7.04. The van der Waals surface area contributed by atoms with E-state index in [1.54, 1.807) is 13.2 Å². The van der Waals surface area contributed by atoms with Gasteiger partial charge in [-0.3, -0.25) is 0 Å². The number of nitrogens with zero attached hydrogens (tertiary/aromatic N) is 1. The second-order valence-corrected chi connectivity index (χ2v) is 4.90. The lowest BCUT2D eigenvalue weighted by Gasteiger charge is -2.13. The fourth-order valence-electron chi connectivity index (χ4n) is 2.07. The second kappa shape index (κ2) is 7.56. The maximum atomic E-state index is 9.31. The van der Waals surface area contributed by atoms with Gasteiger partial charge in [0.15, 0.2) is 11.5 Å². The van der Waals surface area contributed by atoms with Crippen LogP contribution in [0.3, 0.4) is 0 Å². The molecule has 0 spiro atoms. The minimum Gasteiger partial charge on any atom is -0.493 e. The van der Waals surface area contributed by atoms with Crippen LogP contribution in [0, 0.1) is 11.3 Å². The Morgan fingerprint density at radius 1 is 1.10 bits per heavy atom. The van der Waals surface area contributed by atoms with Crippen molar-refractivity contribution >= 4 is 11.6 Å². The minimum atomic E-state index is -0.284. The van der Waals surface area contributed by atoms with Gasteiger partial charge in [-0.2, -0.15) is 5.26 Å². The van der Waals surface area contributed by atoms with Gasteiger partial charge in [0, 0.05) is 11.4 Å². The third kappa shape index (κ3) is 3.90. The topological polar surface area (TPSA) is 42.2 Å². The van der Waals surface area contributed by atoms with E-state index in [1.807, 2.05) is 42.5 Å². The number of halogens is 1. The zero-order chi connectivity index (χ0) is 15.1. The van der Waals surface area contributed by atoms with E-state index in [-0.39, 0.29) is 5.92 Å². The summed E-state index contributed by atoms with van der Waals surface area (Å²) in [5, 5.41) is 9.93. The molecule has 0 aliphatic rings. The number of benzene rings is 2. The van der Waals surface area contributed by atoms with Crippen molar-refractivity contribution in [2.75, 3.05) is 13.7 Å². The number of hydrogen-bond donors (Lipinski definition) is 0. The summed E-state index contributed by atoms with van der Waals surface area (Å²) in [5.41, 5.74) is 0.838. The van der Waals surface area contributed by atoms with Gasteiger partial charge in [-0.25, -0.2) is 0 Å². The van der Waals surface area contributed by atoms with E-state index in [0.717, 1.165) is 5.56 Å². The number of ether oxygens (including phenoxy) is 2. The molecule has 1 unspecified atom stereocenters. The van der Waals surface area contributed by atoms with Crippen molar-refractivity contribution in [3.05, 3.63) is 59.1 Å². The minimum absolute atomic E-state index is 0.284. The van der Waals surface area contributed by atoms with Gasteiger partial charge in [-0.15, -0.1) is 0 Å². The first-order chi connectivity index (χ1) is 10.3. The molecule has 0 bridgehead atoms. The summed E-state index contributed by atoms with van der Waals surface area (Å²) in [5.74, 6) is 1.08. The number of nitriles is 1. The highest BCUT2D eigenvalue weighted by atomic mass is 35.5. The molecule has 0 radical (unpaired) electrons. The SMILES string of the molecule is COc1ccccc1OCCC(C#N)c1ccccc1Cl. The van der Waals surface area contributed by atoms with Crippen LogP contribution in [0.4, 0.5) is 0 Å². The maximum Gasteiger partial charge on any atom is 0.161 e. The highest BCUT2D eigenvalue weighted by molar-refractivity contribution is 6.31. The molecule has 2 aromatic rings. The highest BCUT2D eigenvalue weighted by Crippen LogP contribution is 2.29. The normalized spacial score (nSPS) is 11.5. The summed E-state index contributed by atoms with van der Waals surface area (Å²) in [6.07, 6.45) is 0.568. The van der Waals surface area contributed by atoms with Crippen LogP contribution in [-0.4, -0.2) is 13.7 Å². The summed E-state index contributed by atoms with van der Waals surface area (Å²) in [4.78, 5) is 0. The summed E-state index contributed by atoms with van der Waals surface area (Å²) in [6.45, 7) is 0.420. The Balaban J connectivity index is 1.99. The second-order valence-electron chi connectivity index (χ2n) is 4.49. The molecule has 0 saturated carbocycles. The van der Waals surface area contributed by atoms with Crippen LogP contribution in [0.2, 0.25) is 5.02 Å². The molecule has 0 fully saturated rings. The van der Waals surface area contributed by atoms with Gasteiger partial charge >= 0.3 is 0 Å². The Morgan fingerprint density at radius 2 is 1.76 bits per heavy atom. The van der Waals surface area contributed by atoms with Gasteiger partial charge in [0.05, 0.1) is 25.7 Å². The molecule has 2 rings (SSSR count). The van der Waals surface area contributed by atoms with Crippen molar-refractivity contribution in [3.8, 4) is 17.6 Å². The van der Waals surface area contributed by atoms with Crippen LogP contribution in [-0.2, 0) is 0 Å². The van der Waals surface area contributed by atoms with Crippen molar-refractivity contribution < 1.29 is 9.47 Å². The summed E-state index contributed by atoms with van der Waals surface area (Å²) >= 11 is 6.13. The predicted molar refractivity (Wildman–Crippen MR) is 82.9 cm³/mol. The highest BCUT2D eigenvalue weighted by Gasteiger charge is 2.14. The molecule has 0 aliphatic carbocycles. The molecule has 4 heteroatoms. The van der Waals surface area contributed by atoms with Gasteiger partial charge < -0.3 is 9.47 Å². The van der Waals surface area contributed by atoms with E-state index < -0.39 is 0 Å². The molecule has 2 aromatic carbocycles.